The minimum Gasteiger partial charge on any atom is -0.481 e. The van der Waals surface area contributed by atoms with Crippen molar-refractivity contribution >= 4 is 5.97 Å². The monoisotopic (exact) mass is 183 g/mol. The van der Waals surface area contributed by atoms with Gasteiger partial charge < -0.3 is 5.11 Å². The number of rotatable bonds is 2. The first kappa shape index (κ1) is 9.72. The van der Waals surface area contributed by atoms with E-state index in [1.165, 1.54) is 6.07 Å². The van der Waals surface area contributed by atoms with Crippen molar-refractivity contribution in [3.05, 3.63) is 11.9 Å². The number of aliphatic carboxylic acids is 1. The maximum absolute atomic E-state index is 12.5. The van der Waals surface area contributed by atoms with Crippen molar-refractivity contribution < 1.29 is 14.3 Å². The van der Waals surface area contributed by atoms with E-state index in [1.54, 1.807) is 13.8 Å². The molecule has 1 aliphatic carbocycles. The Labute approximate surface area is 75.5 Å². The van der Waals surface area contributed by atoms with Crippen LogP contribution in [-0.4, -0.2) is 11.1 Å². The highest BCUT2D eigenvalue weighted by Crippen LogP contribution is 2.59. The van der Waals surface area contributed by atoms with Gasteiger partial charge in [0.15, 0.2) is 5.83 Å². The summed E-state index contributed by atoms with van der Waals surface area (Å²) in [6.07, 6.45) is 1.10. The minimum absolute atomic E-state index is 0.357. The van der Waals surface area contributed by atoms with Gasteiger partial charge in [0.25, 0.3) is 0 Å². The molecule has 0 aromatic heterocycles. The number of hydrogen-bond donors (Lipinski definition) is 1. The van der Waals surface area contributed by atoms with Crippen LogP contribution in [0.1, 0.15) is 13.8 Å². The smallest absolute Gasteiger partial charge is 0.307 e. The number of hydrogen-bond acceptors (Lipinski definition) is 2. The van der Waals surface area contributed by atoms with Gasteiger partial charge in [-0.05, 0) is 11.5 Å². The summed E-state index contributed by atoms with van der Waals surface area (Å²) in [4.78, 5) is 10.6. The molecule has 0 aliphatic heterocycles. The second-order valence-corrected chi connectivity index (χ2v) is 3.79. The van der Waals surface area contributed by atoms with E-state index in [4.69, 9.17) is 10.4 Å². The third kappa shape index (κ3) is 1.55. The molecule has 0 spiro atoms. The van der Waals surface area contributed by atoms with Gasteiger partial charge in [-0.3, -0.25) is 4.79 Å². The molecule has 0 amide bonds. The summed E-state index contributed by atoms with van der Waals surface area (Å²) < 4.78 is 12.5. The van der Waals surface area contributed by atoms with Crippen LogP contribution in [0, 0.1) is 28.6 Å². The van der Waals surface area contributed by atoms with Gasteiger partial charge in [-0.2, -0.15) is 9.65 Å². The summed E-state index contributed by atoms with van der Waals surface area (Å²) in [7, 11) is 0. The zero-order valence-electron chi connectivity index (χ0n) is 7.41. The first-order valence-corrected chi connectivity index (χ1v) is 3.91. The predicted molar refractivity (Wildman–Crippen MR) is 43.2 cm³/mol. The van der Waals surface area contributed by atoms with Crippen LogP contribution in [0.25, 0.3) is 0 Å². The second-order valence-electron chi connectivity index (χ2n) is 3.79. The maximum atomic E-state index is 12.5. The van der Waals surface area contributed by atoms with E-state index < -0.39 is 23.1 Å². The van der Waals surface area contributed by atoms with Crippen LogP contribution in [0.15, 0.2) is 11.9 Å². The predicted octanol–water partition coefficient (Wildman–Crippen LogP) is 1.72. The number of carbonyl (C=O) groups is 1. The molecule has 70 valence electrons. The van der Waals surface area contributed by atoms with Gasteiger partial charge in [0.1, 0.15) is 6.07 Å². The second kappa shape index (κ2) is 2.84. The van der Waals surface area contributed by atoms with Gasteiger partial charge in [-0.25, -0.2) is 0 Å². The van der Waals surface area contributed by atoms with Crippen LogP contribution in [0.5, 0.6) is 0 Å². The zero-order chi connectivity index (χ0) is 10.2. The molecule has 4 heteroatoms. The van der Waals surface area contributed by atoms with E-state index in [0.29, 0.717) is 0 Å². The molecule has 0 heterocycles. The molecule has 1 fully saturated rings. The van der Waals surface area contributed by atoms with E-state index in [-0.39, 0.29) is 5.92 Å². The number of nitriles is 1. The summed E-state index contributed by atoms with van der Waals surface area (Å²) in [5, 5.41) is 16.9. The van der Waals surface area contributed by atoms with Crippen molar-refractivity contribution in [2.45, 2.75) is 13.8 Å². The lowest BCUT2D eigenvalue weighted by Crippen LogP contribution is -2.02. The van der Waals surface area contributed by atoms with Crippen molar-refractivity contribution in [2.75, 3.05) is 0 Å². The Hall–Kier alpha value is -1.37. The molecule has 0 radical (unpaired) electrons. The van der Waals surface area contributed by atoms with Crippen molar-refractivity contribution in [3.63, 3.8) is 0 Å². The van der Waals surface area contributed by atoms with Crippen molar-refractivity contribution in [2.24, 2.45) is 17.3 Å². The van der Waals surface area contributed by atoms with Crippen molar-refractivity contribution in [1.82, 2.24) is 0 Å². The standard InChI is InChI=1S/C9H10FNO2/c1-9(2)6(3-5(10)4-11)7(9)8(12)13/h3,6-7H,1-2H3,(H,12,13)/b5-3-/t6-,7+/m1/s1. The fourth-order valence-electron chi connectivity index (χ4n) is 1.66. The molecule has 0 aromatic rings. The lowest BCUT2D eigenvalue weighted by molar-refractivity contribution is -0.139. The Balaban J connectivity index is 2.79. The van der Waals surface area contributed by atoms with Crippen molar-refractivity contribution in [3.8, 4) is 6.07 Å². The molecule has 0 unspecified atom stereocenters. The number of carboxylic acids is 1. The molecule has 0 saturated heterocycles. The molecule has 13 heavy (non-hydrogen) atoms. The SMILES string of the molecule is CC1(C)[C@H](/C=C(\F)C#N)[C@H]1C(=O)O. The van der Waals surface area contributed by atoms with Crippen molar-refractivity contribution in [1.29, 1.82) is 5.26 Å². The third-order valence-corrected chi connectivity index (χ3v) is 2.61. The third-order valence-electron chi connectivity index (χ3n) is 2.61. The van der Waals surface area contributed by atoms with E-state index in [2.05, 4.69) is 0 Å². The Bertz CT molecular complexity index is 314. The van der Waals surface area contributed by atoms with Crippen LogP contribution in [0.3, 0.4) is 0 Å². The molecular weight excluding hydrogens is 173 g/mol. The quantitative estimate of drug-likeness (QED) is 0.663. The summed E-state index contributed by atoms with van der Waals surface area (Å²) in [5.41, 5.74) is -0.431. The maximum Gasteiger partial charge on any atom is 0.307 e. The fraction of sp³-hybridized carbons (Fsp3) is 0.556. The Kier molecular flexibility index (Phi) is 2.12. The van der Waals surface area contributed by atoms with E-state index in [1.807, 2.05) is 0 Å². The van der Waals surface area contributed by atoms with Crippen LogP contribution in [0.4, 0.5) is 4.39 Å². The van der Waals surface area contributed by atoms with Crippen LogP contribution in [0.2, 0.25) is 0 Å². The minimum atomic E-state index is -0.933. The first-order valence-electron chi connectivity index (χ1n) is 3.91. The van der Waals surface area contributed by atoms with E-state index in [0.717, 1.165) is 6.08 Å². The Morgan fingerprint density at radius 1 is 1.69 bits per heavy atom. The van der Waals surface area contributed by atoms with Crippen LogP contribution >= 0.6 is 0 Å². The number of carboxylic acid groups (broad SMARTS) is 1. The van der Waals surface area contributed by atoms with Gasteiger partial charge >= 0.3 is 5.97 Å². The van der Waals surface area contributed by atoms with E-state index in [9.17, 15) is 9.18 Å². The highest BCUT2D eigenvalue weighted by molar-refractivity contribution is 5.76. The normalized spacial score (nSPS) is 30.8. The van der Waals surface area contributed by atoms with Gasteiger partial charge in [-0.1, -0.05) is 13.8 Å². The van der Waals surface area contributed by atoms with Gasteiger partial charge in [-0.15, -0.1) is 0 Å². The van der Waals surface area contributed by atoms with Crippen LogP contribution < -0.4 is 0 Å². The fourth-order valence-corrected chi connectivity index (χ4v) is 1.66. The molecule has 0 bridgehead atoms. The Morgan fingerprint density at radius 2 is 2.23 bits per heavy atom. The highest BCUT2D eigenvalue weighted by Gasteiger charge is 2.61. The topological polar surface area (TPSA) is 61.1 Å². The number of halogens is 1. The van der Waals surface area contributed by atoms with Crippen LogP contribution in [-0.2, 0) is 4.79 Å². The molecule has 1 aliphatic rings. The molecule has 1 saturated carbocycles. The molecule has 1 rings (SSSR count). The number of nitrogens with zero attached hydrogens (tertiary/aromatic N) is 1. The van der Waals surface area contributed by atoms with Gasteiger partial charge in [0, 0.05) is 5.92 Å². The molecular formula is C9H10FNO2. The highest BCUT2D eigenvalue weighted by atomic mass is 19.1. The average molecular weight is 183 g/mol. The largest absolute Gasteiger partial charge is 0.481 e. The summed E-state index contributed by atoms with van der Waals surface area (Å²) in [6.45, 7) is 3.50. The molecule has 3 nitrogen and oxygen atoms in total. The first-order chi connectivity index (χ1) is 5.91. The van der Waals surface area contributed by atoms with Gasteiger partial charge in [0.05, 0.1) is 5.92 Å². The Morgan fingerprint density at radius 3 is 2.54 bits per heavy atom. The lowest BCUT2D eigenvalue weighted by atomic mass is 10.1. The number of allylic oxidation sites excluding steroid dienone is 2. The molecule has 1 N–H and O–H groups in total. The molecule has 0 aromatic carbocycles. The summed E-state index contributed by atoms with van der Waals surface area (Å²) in [6, 6.07) is 1.34. The summed E-state index contributed by atoms with van der Waals surface area (Å²) >= 11 is 0. The zero-order valence-corrected chi connectivity index (χ0v) is 7.41. The average Bonchev–Trinajstić information content (AvgIpc) is 2.53. The van der Waals surface area contributed by atoms with Gasteiger partial charge in [0.2, 0.25) is 0 Å². The lowest BCUT2D eigenvalue weighted by Gasteiger charge is -1.95. The molecule has 2 atom stereocenters. The van der Waals surface area contributed by atoms with E-state index >= 15 is 0 Å². The summed E-state index contributed by atoms with van der Waals surface area (Å²) in [5.74, 6) is -2.75.